The molecule has 1 saturated heterocycles. The predicted molar refractivity (Wildman–Crippen MR) is 80.7 cm³/mol. The quantitative estimate of drug-likeness (QED) is 0.886. The van der Waals surface area contributed by atoms with Crippen LogP contribution in [-0.4, -0.2) is 44.4 Å². The van der Waals surface area contributed by atoms with E-state index in [1.165, 1.54) is 6.07 Å². The molecule has 0 amide bonds. The van der Waals surface area contributed by atoms with Gasteiger partial charge in [-0.3, -0.25) is 4.90 Å². The number of ether oxygens (including phenoxy) is 1. The third-order valence-electron chi connectivity index (χ3n) is 3.23. The van der Waals surface area contributed by atoms with Gasteiger partial charge in [-0.25, -0.2) is 4.39 Å². The Labute approximate surface area is 134 Å². The van der Waals surface area contributed by atoms with Gasteiger partial charge in [-0.2, -0.15) is 8.78 Å². The Kier molecular flexibility index (Phi) is 9.77. The molecule has 1 aromatic rings. The SMILES string of the molecule is Cl.Cl.FC[C@H](c1ccccc1OC(F)F)N1CCNCC1. The molecule has 0 spiro atoms. The van der Waals surface area contributed by atoms with Crippen LogP contribution in [0.25, 0.3) is 0 Å². The third kappa shape index (κ3) is 5.54. The molecule has 1 aromatic carbocycles. The second-order valence-corrected chi connectivity index (χ2v) is 4.37. The lowest BCUT2D eigenvalue weighted by molar-refractivity contribution is -0.0514. The first-order chi connectivity index (χ1) is 9.22. The average Bonchev–Trinajstić information content (AvgIpc) is 2.42. The molecule has 0 saturated carbocycles. The number of para-hydroxylation sites is 1. The van der Waals surface area contributed by atoms with Crippen molar-refractivity contribution in [3.8, 4) is 5.75 Å². The number of nitrogens with zero attached hydrogens (tertiary/aromatic N) is 1. The van der Waals surface area contributed by atoms with E-state index in [1.807, 2.05) is 4.90 Å². The highest BCUT2D eigenvalue weighted by molar-refractivity contribution is 5.85. The van der Waals surface area contributed by atoms with Crippen molar-refractivity contribution in [1.29, 1.82) is 0 Å². The standard InChI is InChI=1S/C13H17F3N2O.2ClH/c14-9-11(18-7-5-17-6-8-18)10-3-1-2-4-12(10)19-13(15)16;;/h1-4,11,13,17H,5-9H2;2*1H/t11-;;/m1../s1. The predicted octanol–water partition coefficient (Wildman–Crippen LogP) is 3.05. The van der Waals surface area contributed by atoms with E-state index in [9.17, 15) is 13.2 Å². The van der Waals surface area contributed by atoms with Crippen LogP contribution < -0.4 is 10.1 Å². The van der Waals surface area contributed by atoms with E-state index in [4.69, 9.17) is 0 Å². The van der Waals surface area contributed by atoms with E-state index >= 15 is 0 Å². The topological polar surface area (TPSA) is 24.5 Å². The molecule has 1 aliphatic rings. The Balaban J connectivity index is 0.00000200. The third-order valence-corrected chi connectivity index (χ3v) is 3.23. The fraction of sp³-hybridized carbons (Fsp3) is 0.538. The Morgan fingerprint density at radius 3 is 2.33 bits per heavy atom. The first-order valence-corrected chi connectivity index (χ1v) is 6.27. The Bertz CT molecular complexity index is 407. The molecule has 3 nitrogen and oxygen atoms in total. The lowest BCUT2D eigenvalue weighted by Crippen LogP contribution is -2.45. The number of benzene rings is 1. The minimum Gasteiger partial charge on any atom is -0.434 e. The van der Waals surface area contributed by atoms with E-state index in [1.54, 1.807) is 18.2 Å². The van der Waals surface area contributed by atoms with E-state index in [0.29, 0.717) is 18.7 Å². The van der Waals surface area contributed by atoms with Crippen molar-refractivity contribution in [3.63, 3.8) is 0 Å². The number of hydrogen-bond donors (Lipinski definition) is 1. The van der Waals surface area contributed by atoms with Gasteiger partial charge in [-0.15, -0.1) is 24.8 Å². The number of nitrogens with one attached hydrogen (secondary N) is 1. The lowest BCUT2D eigenvalue weighted by atomic mass is 10.0. The molecule has 21 heavy (non-hydrogen) atoms. The average molecular weight is 347 g/mol. The van der Waals surface area contributed by atoms with Crippen molar-refractivity contribution in [2.45, 2.75) is 12.7 Å². The van der Waals surface area contributed by atoms with Crippen LogP contribution >= 0.6 is 24.8 Å². The number of halogens is 5. The monoisotopic (exact) mass is 346 g/mol. The summed E-state index contributed by atoms with van der Waals surface area (Å²) >= 11 is 0. The van der Waals surface area contributed by atoms with Gasteiger partial charge < -0.3 is 10.1 Å². The molecule has 1 fully saturated rings. The molecule has 1 heterocycles. The molecule has 0 radical (unpaired) electrons. The van der Waals surface area contributed by atoms with Crippen LogP contribution in [-0.2, 0) is 0 Å². The van der Waals surface area contributed by atoms with Crippen molar-refractivity contribution in [2.24, 2.45) is 0 Å². The summed E-state index contributed by atoms with van der Waals surface area (Å²) in [6.45, 7) is -0.592. The molecule has 1 atom stereocenters. The van der Waals surface area contributed by atoms with Crippen LogP contribution in [0.4, 0.5) is 13.2 Å². The minimum atomic E-state index is -2.90. The van der Waals surface area contributed by atoms with Crippen LogP contribution in [0.1, 0.15) is 11.6 Å². The highest BCUT2D eigenvalue weighted by Gasteiger charge is 2.25. The van der Waals surface area contributed by atoms with Crippen molar-refractivity contribution in [1.82, 2.24) is 10.2 Å². The maximum Gasteiger partial charge on any atom is 0.387 e. The van der Waals surface area contributed by atoms with Gasteiger partial charge in [0.25, 0.3) is 0 Å². The highest BCUT2D eigenvalue weighted by Crippen LogP contribution is 2.31. The fourth-order valence-corrected chi connectivity index (χ4v) is 2.33. The van der Waals surface area contributed by atoms with Gasteiger partial charge in [0.2, 0.25) is 0 Å². The van der Waals surface area contributed by atoms with E-state index in [0.717, 1.165) is 13.1 Å². The minimum absolute atomic E-state index is 0. The van der Waals surface area contributed by atoms with Gasteiger partial charge in [0.15, 0.2) is 0 Å². The van der Waals surface area contributed by atoms with Gasteiger partial charge in [0.05, 0.1) is 6.04 Å². The fourth-order valence-electron chi connectivity index (χ4n) is 2.33. The zero-order chi connectivity index (χ0) is 13.7. The van der Waals surface area contributed by atoms with Crippen LogP contribution in [0.2, 0.25) is 0 Å². The summed E-state index contributed by atoms with van der Waals surface area (Å²) in [4.78, 5) is 1.95. The Morgan fingerprint density at radius 2 is 1.76 bits per heavy atom. The molecular weight excluding hydrogens is 328 g/mol. The van der Waals surface area contributed by atoms with Crippen molar-refractivity contribution < 1.29 is 17.9 Å². The molecule has 1 aliphatic heterocycles. The van der Waals surface area contributed by atoms with Crippen LogP contribution in [0.3, 0.4) is 0 Å². The van der Waals surface area contributed by atoms with Gasteiger partial charge in [0.1, 0.15) is 12.4 Å². The van der Waals surface area contributed by atoms with Crippen LogP contribution in [0.15, 0.2) is 24.3 Å². The zero-order valence-corrected chi connectivity index (χ0v) is 12.9. The summed E-state index contributed by atoms with van der Waals surface area (Å²) in [6, 6.07) is 5.88. The van der Waals surface area contributed by atoms with Gasteiger partial charge >= 0.3 is 6.61 Å². The summed E-state index contributed by atoms with van der Waals surface area (Å²) in [7, 11) is 0. The van der Waals surface area contributed by atoms with E-state index < -0.39 is 19.3 Å². The number of hydrogen-bond acceptors (Lipinski definition) is 3. The van der Waals surface area contributed by atoms with E-state index in [2.05, 4.69) is 10.1 Å². The second kappa shape index (κ2) is 10.1. The lowest BCUT2D eigenvalue weighted by Gasteiger charge is -2.34. The molecule has 8 heteroatoms. The second-order valence-electron chi connectivity index (χ2n) is 4.37. The number of rotatable bonds is 5. The molecular formula is C13H19Cl2F3N2O. The molecule has 0 aromatic heterocycles. The first kappa shape index (κ1) is 20.3. The molecule has 0 unspecified atom stereocenters. The molecule has 0 aliphatic carbocycles. The van der Waals surface area contributed by atoms with Gasteiger partial charge in [0, 0.05) is 31.7 Å². The Morgan fingerprint density at radius 1 is 1.14 bits per heavy atom. The van der Waals surface area contributed by atoms with Crippen LogP contribution in [0.5, 0.6) is 5.75 Å². The van der Waals surface area contributed by atoms with Gasteiger partial charge in [-0.1, -0.05) is 18.2 Å². The largest absolute Gasteiger partial charge is 0.434 e. The summed E-state index contributed by atoms with van der Waals surface area (Å²) in [5, 5.41) is 3.18. The smallest absolute Gasteiger partial charge is 0.387 e. The molecule has 122 valence electrons. The highest BCUT2D eigenvalue weighted by atomic mass is 35.5. The van der Waals surface area contributed by atoms with Gasteiger partial charge in [-0.05, 0) is 6.07 Å². The summed E-state index contributed by atoms with van der Waals surface area (Å²) < 4.78 is 42.6. The zero-order valence-electron chi connectivity index (χ0n) is 11.3. The summed E-state index contributed by atoms with van der Waals surface area (Å²) in [5.74, 6) is 0.0543. The van der Waals surface area contributed by atoms with Crippen LogP contribution in [0, 0.1) is 0 Å². The van der Waals surface area contributed by atoms with Crippen molar-refractivity contribution in [2.75, 3.05) is 32.9 Å². The van der Waals surface area contributed by atoms with Crippen molar-refractivity contribution >= 4 is 24.8 Å². The molecule has 2 rings (SSSR count). The number of alkyl halides is 3. The normalized spacial score (nSPS) is 16.8. The van der Waals surface area contributed by atoms with Crippen molar-refractivity contribution in [3.05, 3.63) is 29.8 Å². The first-order valence-electron chi connectivity index (χ1n) is 6.27. The Hall–Kier alpha value is -0.690. The van der Waals surface area contributed by atoms with E-state index in [-0.39, 0.29) is 30.6 Å². The molecule has 1 N–H and O–H groups in total. The molecule has 0 bridgehead atoms. The maximum atomic E-state index is 13.3. The number of piperazine rings is 1. The summed E-state index contributed by atoms with van der Waals surface area (Å²) in [5.41, 5.74) is 0.479. The maximum absolute atomic E-state index is 13.3. The summed E-state index contributed by atoms with van der Waals surface area (Å²) in [6.07, 6.45) is 0.